The predicted octanol–water partition coefficient (Wildman–Crippen LogP) is 1.83. The summed E-state index contributed by atoms with van der Waals surface area (Å²) in [7, 11) is 1.38. The quantitative estimate of drug-likeness (QED) is 0.914. The highest BCUT2D eigenvalue weighted by atomic mass is 19.1. The van der Waals surface area contributed by atoms with Crippen molar-refractivity contribution >= 4 is 11.9 Å². The van der Waals surface area contributed by atoms with Crippen LogP contribution in [0.25, 0.3) is 0 Å². The Morgan fingerprint density at radius 3 is 2.75 bits per heavy atom. The predicted molar refractivity (Wildman–Crippen MR) is 68.8 cm³/mol. The van der Waals surface area contributed by atoms with Crippen LogP contribution in [0.2, 0.25) is 0 Å². The SMILES string of the molecule is COc1ccc([C@@H](C)N2C[C@H](C(=O)O)CC2=O)cc1F. The zero-order valence-corrected chi connectivity index (χ0v) is 11.3. The third-order valence-corrected chi connectivity index (χ3v) is 3.63. The van der Waals surface area contributed by atoms with Gasteiger partial charge in [0.05, 0.1) is 19.1 Å². The van der Waals surface area contributed by atoms with Crippen molar-refractivity contribution in [1.29, 1.82) is 0 Å². The fourth-order valence-corrected chi connectivity index (χ4v) is 2.39. The van der Waals surface area contributed by atoms with Gasteiger partial charge in [-0.25, -0.2) is 4.39 Å². The van der Waals surface area contributed by atoms with E-state index in [1.807, 2.05) is 0 Å². The molecule has 1 aromatic rings. The number of amides is 1. The molecule has 0 aromatic heterocycles. The van der Waals surface area contributed by atoms with E-state index in [0.717, 1.165) is 0 Å². The van der Waals surface area contributed by atoms with Crippen molar-refractivity contribution in [1.82, 2.24) is 4.90 Å². The molecule has 0 radical (unpaired) electrons. The van der Waals surface area contributed by atoms with E-state index >= 15 is 0 Å². The molecule has 1 saturated heterocycles. The van der Waals surface area contributed by atoms with Gasteiger partial charge in [-0.1, -0.05) is 6.07 Å². The largest absolute Gasteiger partial charge is 0.494 e. The van der Waals surface area contributed by atoms with Gasteiger partial charge in [-0.2, -0.15) is 0 Å². The summed E-state index contributed by atoms with van der Waals surface area (Å²) in [4.78, 5) is 24.3. The van der Waals surface area contributed by atoms with Crippen molar-refractivity contribution in [3.63, 3.8) is 0 Å². The molecule has 0 saturated carbocycles. The molecular formula is C14H16FNO4. The molecule has 2 atom stereocenters. The second-order valence-electron chi connectivity index (χ2n) is 4.86. The molecule has 0 bridgehead atoms. The molecule has 0 unspecified atom stereocenters. The lowest BCUT2D eigenvalue weighted by Gasteiger charge is -2.25. The van der Waals surface area contributed by atoms with Gasteiger partial charge in [-0.15, -0.1) is 0 Å². The molecule has 1 aromatic carbocycles. The summed E-state index contributed by atoms with van der Waals surface area (Å²) in [6.45, 7) is 1.91. The van der Waals surface area contributed by atoms with Gasteiger partial charge in [0, 0.05) is 13.0 Å². The number of nitrogens with zero attached hydrogens (tertiary/aromatic N) is 1. The lowest BCUT2D eigenvalue weighted by Crippen LogP contribution is -2.29. The summed E-state index contributed by atoms with van der Waals surface area (Å²) in [6, 6.07) is 4.11. The van der Waals surface area contributed by atoms with Crippen LogP contribution in [0.5, 0.6) is 5.75 Å². The molecule has 1 heterocycles. The molecule has 6 heteroatoms. The number of rotatable bonds is 4. The van der Waals surface area contributed by atoms with Gasteiger partial charge in [0.1, 0.15) is 0 Å². The maximum Gasteiger partial charge on any atom is 0.308 e. The molecule has 108 valence electrons. The van der Waals surface area contributed by atoms with Crippen molar-refractivity contribution in [3.05, 3.63) is 29.6 Å². The van der Waals surface area contributed by atoms with Crippen molar-refractivity contribution in [3.8, 4) is 5.75 Å². The standard InChI is InChI=1S/C14H16FNO4/c1-8(9-3-4-12(20-2)11(15)5-9)16-7-10(14(18)19)6-13(16)17/h3-5,8,10H,6-7H2,1-2H3,(H,18,19)/t8-,10-/m1/s1. The maximum absolute atomic E-state index is 13.7. The van der Waals surface area contributed by atoms with Crippen LogP contribution in [-0.4, -0.2) is 35.5 Å². The Labute approximate surface area is 116 Å². The Balaban J connectivity index is 2.19. The summed E-state index contributed by atoms with van der Waals surface area (Å²) in [5.74, 6) is -2.25. The summed E-state index contributed by atoms with van der Waals surface area (Å²) < 4.78 is 18.5. The van der Waals surface area contributed by atoms with Gasteiger partial charge in [0.15, 0.2) is 11.6 Å². The fraction of sp³-hybridized carbons (Fsp3) is 0.429. The van der Waals surface area contributed by atoms with Crippen LogP contribution in [-0.2, 0) is 9.59 Å². The third kappa shape index (κ3) is 2.59. The fourth-order valence-electron chi connectivity index (χ4n) is 2.39. The van der Waals surface area contributed by atoms with Gasteiger partial charge < -0.3 is 14.7 Å². The van der Waals surface area contributed by atoms with Crippen molar-refractivity contribution in [2.45, 2.75) is 19.4 Å². The van der Waals surface area contributed by atoms with E-state index < -0.39 is 17.7 Å². The van der Waals surface area contributed by atoms with Crippen molar-refractivity contribution in [2.75, 3.05) is 13.7 Å². The van der Waals surface area contributed by atoms with Crippen LogP contribution < -0.4 is 4.74 Å². The highest BCUT2D eigenvalue weighted by molar-refractivity contribution is 5.86. The van der Waals surface area contributed by atoms with E-state index in [4.69, 9.17) is 9.84 Å². The average Bonchev–Trinajstić information content (AvgIpc) is 2.80. The van der Waals surface area contributed by atoms with E-state index in [0.29, 0.717) is 5.56 Å². The Bertz CT molecular complexity index is 546. The number of carbonyl (C=O) groups is 2. The minimum Gasteiger partial charge on any atom is -0.494 e. The molecule has 0 aliphatic carbocycles. The molecule has 1 amide bonds. The zero-order chi connectivity index (χ0) is 14.9. The monoisotopic (exact) mass is 281 g/mol. The molecule has 1 fully saturated rings. The van der Waals surface area contributed by atoms with E-state index in [2.05, 4.69) is 0 Å². The van der Waals surface area contributed by atoms with Gasteiger partial charge >= 0.3 is 5.97 Å². The minimum atomic E-state index is -0.978. The maximum atomic E-state index is 13.7. The van der Waals surface area contributed by atoms with E-state index in [1.165, 1.54) is 24.1 Å². The van der Waals surface area contributed by atoms with Gasteiger partial charge in [0.25, 0.3) is 0 Å². The van der Waals surface area contributed by atoms with Gasteiger partial charge in [-0.3, -0.25) is 9.59 Å². The first-order chi connectivity index (χ1) is 9.43. The van der Waals surface area contributed by atoms with Gasteiger partial charge in [-0.05, 0) is 24.6 Å². The van der Waals surface area contributed by atoms with Crippen LogP contribution in [0.15, 0.2) is 18.2 Å². The van der Waals surface area contributed by atoms with E-state index in [9.17, 15) is 14.0 Å². The first-order valence-electron chi connectivity index (χ1n) is 6.29. The Morgan fingerprint density at radius 1 is 1.55 bits per heavy atom. The molecule has 1 N–H and O–H groups in total. The molecule has 0 spiro atoms. The van der Waals surface area contributed by atoms with Crippen LogP contribution in [0, 0.1) is 11.7 Å². The van der Waals surface area contributed by atoms with Crippen LogP contribution >= 0.6 is 0 Å². The number of halogens is 1. The number of carbonyl (C=O) groups excluding carboxylic acids is 1. The number of aliphatic carboxylic acids is 1. The highest BCUT2D eigenvalue weighted by Crippen LogP contribution is 2.30. The number of carboxylic acids is 1. The number of carboxylic acid groups (broad SMARTS) is 1. The number of methoxy groups -OCH3 is 1. The molecule has 5 nitrogen and oxygen atoms in total. The van der Waals surface area contributed by atoms with Crippen molar-refractivity contribution in [2.24, 2.45) is 5.92 Å². The van der Waals surface area contributed by atoms with E-state index in [-0.39, 0.29) is 30.7 Å². The second kappa shape index (κ2) is 5.48. The average molecular weight is 281 g/mol. The second-order valence-corrected chi connectivity index (χ2v) is 4.86. The molecule has 1 aliphatic heterocycles. The lowest BCUT2D eigenvalue weighted by atomic mass is 10.1. The highest BCUT2D eigenvalue weighted by Gasteiger charge is 2.37. The van der Waals surface area contributed by atoms with Crippen molar-refractivity contribution < 1.29 is 23.8 Å². The number of ether oxygens (including phenoxy) is 1. The summed E-state index contributed by atoms with van der Waals surface area (Å²) in [6.07, 6.45) is -0.00168. The van der Waals surface area contributed by atoms with Gasteiger partial charge in [0.2, 0.25) is 5.91 Å². The Kier molecular flexibility index (Phi) is 3.92. The smallest absolute Gasteiger partial charge is 0.308 e. The molecular weight excluding hydrogens is 265 g/mol. The summed E-state index contributed by atoms with van der Waals surface area (Å²) in [5.41, 5.74) is 0.614. The zero-order valence-electron chi connectivity index (χ0n) is 11.3. The summed E-state index contributed by atoms with van der Waals surface area (Å²) >= 11 is 0. The van der Waals surface area contributed by atoms with Crippen LogP contribution in [0.4, 0.5) is 4.39 Å². The normalized spacial score (nSPS) is 20.1. The van der Waals surface area contributed by atoms with Crippen LogP contribution in [0.3, 0.4) is 0 Å². The minimum absolute atomic E-state index is 0.00168. The number of likely N-dealkylation sites (tertiary alicyclic amines) is 1. The molecule has 20 heavy (non-hydrogen) atoms. The van der Waals surface area contributed by atoms with E-state index in [1.54, 1.807) is 13.0 Å². The number of hydrogen-bond donors (Lipinski definition) is 1. The van der Waals surface area contributed by atoms with Crippen LogP contribution in [0.1, 0.15) is 24.9 Å². The number of hydrogen-bond acceptors (Lipinski definition) is 3. The Morgan fingerprint density at radius 2 is 2.25 bits per heavy atom. The molecule has 2 rings (SSSR count). The number of benzene rings is 1. The first kappa shape index (κ1) is 14.3. The summed E-state index contributed by atoms with van der Waals surface area (Å²) in [5, 5.41) is 8.96. The Hall–Kier alpha value is -2.11. The molecule has 1 aliphatic rings. The lowest BCUT2D eigenvalue weighted by molar-refractivity contribution is -0.141. The third-order valence-electron chi connectivity index (χ3n) is 3.63. The first-order valence-corrected chi connectivity index (χ1v) is 6.29. The topological polar surface area (TPSA) is 66.8 Å².